The lowest BCUT2D eigenvalue weighted by Gasteiger charge is -2.02. The summed E-state index contributed by atoms with van der Waals surface area (Å²) in [5.41, 5.74) is 0. The Bertz CT molecular complexity index is 269. The van der Waals surface area contributed by atoms with Crippen LogP contribution in [0, 0.1) is 0 Å². The van der Waals surface area contributed by atoms with Gasteiger partial charge in [-0.15, -0.1) is 21.8 Å². The Morgan fingerprint density at radius 1 is 1.25 bits per heavy atom. The molecule has 2 heterocycles. The molecular formula is C8H12ClN3. The highest BCUT2D eigenvalue weighted by molar-refractivity contribution is 6.16. The SMILES string of the molecule is ClCc1nnc2n1CCCCC2. The summed E-state index contributed by atoms with van der Waals surface area (Å²) in [7, 11) is 0. The van der Waals surface area contributed by atoms with Gasteiger partial charge in [-0.1, -0.05) is 6.42 Å². The number of hydrogen-bond acceptors (Lipinski definition) is 2. The minimum Gasteiger partial charge on any atom is -0.314 e. The van der Waals surface area contributed by atoms with E-state index in [0.29, 0.717) is 5.88 Å². The van der Waals surface area contributed by atoms with Crippen molar-refractivity contribution in [2.45, 2.75) is 38.1 Å². The fraction of sp³-hybridized carbons (Fsp3) is 0.750. The van der Waals surface area contributed by atoms with E-state index in [4.69, 9.17) is 11.6 Å². The second kappa shape index (κ2) is 3.44. The highest BCUT2D eigenvalue weighted by atomic mass is 35.5. The van der Waals surface area contributed by atoms with E-state index in [0.717, 1.165) is 24.6 Å². The van der Waals surface area contributed by atoms with Crippen LogP contribution in [0.15, 0.2) is 0 Å². The zero-order valence-electron chi connectivity index (χ0n) is 6.96. The van der Waals surface area contributed by atoms with Gasteiger partial charge in [0.25, 0.3) is 0 Å². The molecule has 0 N–H and O–H groups in total. The van der Waals surface area contributed by atoms with Crippen molar-refractivity contribution in [3.8, 4) is 0 Å². The molecular weight excluding hydrogens is 174 g/mol. The van der Waals surface area contributed by atoms with E-state index in [2.05, 4.69) is 14.8 Å². The lowest BCUT2D eigenvalue weighted by atomic mass is 10.2. The molecule has 0 aliphatic carbocycles. The van der Waals surface area contributed by atoms with Gasteiger partial charge in [-0.2, -0.15) is 0 Å². The fourth-order valence-electron chi connectivity index (χ4n) is 1.64. The lowest BCUT2D eigenvalue weighted by molar-refractivity contribution is 0.616. The van der Waals surface area contributed by atoms with Crippen LogP contribution in [0.25, 0.3) is 0 Å². The summed E-state index contributed by atoms with van der Waals surface area (Å²) in [5, 5.41) is 8.16. The third-order valence-corrected chi connectivity index (χ3v) is 2.54. The Morgan fingerprint density at radius 3 is 3.00 bits per heavy atom. The predicted octanol–water partition coefficient (Wildman–Crippen LogP) is 1.74. The average Bonchev–Trinajstić information content (AvgIpc) is 2.33. The van der Waals surface area contributed by atoms with E-state index in [9.17, 15) is 0 Å². The molecule has 0 fully saturated rings. The first kappa shape index (κ1) is 8.05. The van der Waals surface area contributed by atoms with E-state index in [1.165, 1.54) is 19.3 Å². The van der Waals surface area contributed by atoms with Gasteiger partial charge in [0.1, 0.15) is 11.6 Å². The molecule has 1 aliphatic heterocycles. The van der Waals surface area contributed by atoms with Crippen LogP contribution in [0.4, 0.5) is 0 Å². The molecule has 0 saturated heterocycles. The summed E-state index contributed by atoms with van der Waals surface area (Å²) in [6.45, 7) is 1.05. The summed E-state index contributed by atoms with van der Waals surface area (Å²) in [4.78, 5) is 0. The Hall–Kier alpha value is -0.570. The van der Waals surface area contributed by atoms with Gasteiger partial charge in [0.2, 0.25) is 0 Å². The van der Waals surface area contributed by atoms with Gasteiger partial charge in [0.15, 0.2) is 0 Å². The molecule has 1 aromatic heterocycles. The normalized spacial score (nSPS) is 17.1. The van der Waals surface area contributed by atoms with Crippen molar-refractivity contribution in [3.05, 3.63) is 11.6 Å². The van der Waals surface area contributed by atoms with Gasteiger partial charge in [-0.05, 0) is 12.8 Å². The number of fused-ring (bicyclic) bond motifs is 1. The smallest absolute Gasteiger partial charge is 0.147 e. The van der Waals surface area contributed by atoms with E-state index in [1.54, 1.807) is 0 Å². The number of hydrogen-bond donors (Lipinski definition) is 0. The molecule has 0 bridgehead atoms. The van der Waals surface area contributed by atoms with Crippen molar-refractivity contribution in [1.82, 2.24) is 14.8 Å². The zero-order chi connectivity index (χ0) is 8.39. The van der Waals surface area contributed by atoms with E-state index >= 15 is 0 Å². The summed E-state index contributed by atoms with van der Waals surface area (Å²) in [6, 6.07) is 0. The first-order chi connectivity index (χ1) is 5.92. The standard InChI is InChI=1S/C8H12ClN3/c9-6-8-11-10-7-4-2-1-3-5-12(7)8/h1-6H2. The number of halogens is 1. The molecule has 3 nitrogen and oxygen atoms in total. The van der Waals surface area contributed by atoms with Crippen molar-refractivity contribution >= 4 is 11.6 Å². The molecule has 2 rings (SSSR count). The molecule has 0 spiro atoms. The molecule has 0 saturated carbocycles. The lowest BCUT2D eigenvalue weighted by Crippen LogP contribution is -2.04. The average molecular weight is 186 g/mol. The highest BCUT2D eigenvalue weighted by Crippen LogP contribution is 2.14. The van der Waals surface area contributed by atoms with Crippen LogP contribution in [0.5, 0.6) is 0 Å². The molecule has 0 amide bonds. The van der Waals surface area contributed by atoms with Gasteiger partial charge < -0.3 is 4.57 Å². The van der Waals surface area contributed by atoms with Crippen LogP contribution < -0.4 is 0 Å². The summed E-state index contributed by atoms with van der Waals surface area (Å²) >= 11 is 5.74. The topological polar surface area (TPSA) is 30.7 Å². The maximum absolute atomic E-state index is 5.74. The van der Waals surface area contributed by atoms with Crippen molar-refractivity contribution in [1.29, 1.82) is 0 Å². The molecule has 0 atom stereocenters. The van der Waals surface area contributed by atoms with Crippen molar-refractivity contribution in [3.63, 3.8) is 0 Å². The zero-order valence-corrected chi connectivity index (χ0v) is 7.72. The number of aryl methyl sites for hydroxylation is 1. The number of alkyl halides is 1. The third-order valence-electron chi connectivity index (χ3n) is 2.31. The molecule has 0 radical (unpaired) electrons. The first-order valence-electron chi connectivity index (χ1n) is 4.39. The minimum absolute atomic E-state index is 0.479. The van der Waals surface area contributed by atoms with Crippen LogP contribution in [-0.4, -0.2) is 14.8 Å². The van der Waals surface area contributed by atoms with Gasteiger partial charge in [-0.25, -0.2) is 0 Å². The Balaban J connectivity index is 2.32. The summed E-state index contributed by atoms with van der Waals surface area (Å²) < 4.78 is 2.17. The van der Waals surface area contributed by atoms with Crippen molar-refractivity contribution in [2.75, 3.05) is 0 Å². The maximum atomic E-state index is 5.74. The van der Waals surface area contributed by atoms with E-state index < -0.39 is 0 Å². The molecule has 0 aromatic carbocycles. The van der Waals surface area contributed by atoms with Crippen molar-refractivity contribution in [2.24, 2.45) is 0 Å². The molecule has 12 heavy (non-hydrogen) atoms. The quantitative estimate of drug-likeness (QED) is 0.624. The first-order valence-corrected chi connectivity index (χ1v) is 4.92. The van der Waals surface area contributed by atoms with Crippen LogP contribution in [0.3, 0.4) is 0 Å². The van der Waals surface area contributed by atoms with Gasteiger partial charge in [0.05, 0.1) is 5.88 Å². The second-order valence-electron chi connectivity index (χ2n) is 3.13. The van der Waals surface area contributed by atoms with E-state index in [1.807, 2.05) is 0 Å². The Kier molecular flexibility index (Phi) is 2.30. The van der Waals surface area contributed by atoms with E-state index in [-0.39, 0.29) is 0 Å². The molecule has 1 aliphatic rings. The maximum Gasteiger partial charge on any atom is 0.147 e. The Labute approximate surface area is 76.7 Å². The van der Waals surface area contributed by atoms with Crippen LogP contribution in [0.1, 0.15) is 30.9 Å². The van der Waals surface area contributed by atoms with Gasteiger partial charge >= 0.3 is 0 Å². The van der Waals surface area contributed by atoms with Gasteiger partial charge in [-0.3, -0.25) is 0 Å². The van der Waals surface area contributed by atoms with Crippen molar-refractivity contribution < 1.29 is 0 Å². The highest BCUT2D eigenvalue weighted by Gasteiger charge is 2.12. The predicted molar refractivity (Wildman–Crippen MR) is 47.1 cm³/mol. The largest absolute Gasteiger partial charge is 0.314 e. The molecule has 1 aromatic rings. The minimum atomic E-state index is 0.479. The molecule has 4 heteroatoms. The second-order valence-corrected chi connectivity index (χ2v) is 3.40. The Morgan fingerprint density at radius 2 is 2.17 bits per heavy atom. The fourth-order valence-corrected chi connectivity index (χ4v) is 1.84. The number of aromatic nitrogens is 3. The summed E-state index contributed by atoms with van der Waals surface area (Å²) in [6.07, 6.45) is 4.82. The number of rotatable bonds is 1. The third kappa shape index (κ3) is 1.33. The molecule has 0 unspecified atom stereocenters. The van der Waals surface area contributed by atoms with Gasteiger partial charge in [0, 0.05) is 13.0 Å². The van der Waals surface area contributed by atoms with Crippen LogP contribution in [-0.2, 0) is 18.8 Å². The number of nitrogens with zero attached hydrogens (tertiary/aromatic N) is 3. The van der Waals surface area contributed by atoms with Crippen LogP contribution >= 0.6 is 11.6 Å². The monoisotopic (exact) mass is 185 g/mol. The van der Waals surface area contributed by atoms with Crippen LogP contribution in [0.2, 0.25) is 0 Å². The summed E-state index contributed by atoms with van der Waals surface area (Å²) in [5.74, 6) is 2.52. The molecule has 66 valence electrons.